The van der Waals surface area contributed by atoms with Crippen LogP contribution in [0.15, 0.2) is 36.7 Å². The Hall–Kier alpha value is -2.35. The van der Waals surface area contributed by atoms with Crippen LogP contribution in [0.2, 0.25) is 0 Å². The summed E-state index contributed by atoms with van der Waals surface area (Å²) in [7, 11) is 0. The van der Waals surface area contributed by atoms with E-state index in [1.807, 2.05) is 0 Å². The fourth-order valence-electron chi connectivity index (χ4n) is 2.03. The standard InChI is InChI=1S/C13H7F3N2O2S/c14-13(15,16)9-6-18(5-8(9)12(19)20)11-7-3-1-2-4-10(7)17-21-11/h1-6H,(H,19,20). The quantitative estimate of drug-likeness (QED) is 0.783. The van der Waals surface area contributed by atoms with Crippen molar-refractivity contribution >= 4 is 28.4 Å². The molecule has 4 nitrogen and oxygen atoms in total. The fraction of sp³-hybridized carbons (Fsp3) is 0.0769. The lowest BCUT2D eigenvalue weighted by molar-refractivity contribution is -0.138. The van der Waals surface area contributed by atoms with Gasteiger partial charge in [0.25, 0.3) is 0 Å². The molecule has 0 aliphatic carbocycles. The van der Waals surface area contributed by atoms with Crippen molar-refractivity contribution in [2.75, 3.05) is 0 Å². The molecule has 0 fully saturated rings. The molecular formula is C13H7F3N2O2S. The molecule has 0 amide bonds. The molecule has 1 aromatic carbocycles. The van der Waals surface area contributed by atoms with Crippen LogP contribution in [0.3, 0.4) is 0 Å². The van der Waals surface area contributed by atoms with E-state index in [1.54, 1.807) is 24.3 Å². The smallest absolute Gasteiger partial charge is 0.418 e. The number of carboxylic acid groups (broad SMARTS) is 1. The van der Waals surface area contributed by atoms with Gasteiger partial charge in [-0.15, -0.1) is 0 Å². The molecule has 0 spiro atoms. The Morgan fingerprint density at radius 1 is 1.24 bits per heavy atom. The highest BCUT2D eigenvalue weighted by Crippen LogP contribution is 2.35. The van der Waals surface area contributed by atoms with Crippen LogP contribution >= 0.6 is 11.5 Å². The molecule has 1 N–H and O–H groups in total. The van der Waals surface area contributed by atoms with Crippen LogP contribution in [-0.2, 0) is 6.18 Å². The van der Waals surface area contributed by atoms with E-state index < -0.39 is 23.3 Å². The molecular weight excluding hydrogens is 305 g/mol. The molecule has 0 aliphatic rings. The third kappa shape index (κ3) is 2.27. The van der Waals surface area contributed by atoms with E-state index in [0.717, 1.165) is 28.5 Å². The predicted molar refractivity (Wildman–Crippen MR) is 70.9 cm³/mol. The van der Waals surface area contributed by atoms with Gasteiger partial charge in [-0.3, -0.25) is 0 Å². The Bertz CT molecular complexity index is 835. The second-order valence-electron chi connectivity index (χ2n) is 4.30. The lowest BCUT2D eigenvalue weighted by Gasteiger charge is -2.04. The summed E-state index contributed by atoms with van der Waals surface area (Å²) in [6, 6.07) is 6.97. The highest BCUT2D eigenvalue weighted by Gasteiger charge is 2.37. The summed E-state index contributed by atoms with van der Waals surface area (Å²) in [5, 5.41) is 10.0. The zero-order valence-electron chi connectivity index (χ0n) is 10.3. The monoisotopic (exact) mass is 312 g/mol. The first-order valence-electron chi connectivity index (χ1n) is 5.75. The van der Waals surface area contributed by atoms with E-state index in [0.29, 0.717) is 15.9 Å². The molecule has 0 atom stereocenters. The molecule has 0 radical (unpaired) electrons. The van der Waals surface area contributed by atoms with Gasteiger partial charge in [0.05, 0.1) is 16.6 Å². The number of aromatic nitrogens is 2. The highest BCUT2D eigenvalue weighted by atomic mass is 32.1. The molecule has 2 aromatic heterocycles. The first kappa shape index (κ1) is 13.6. The van der Waals surface area contributed by atoms with Gasteiger partial charge in [-0.1, -0.05) is 12.1 Å². The van der Waals surface area contributed by atoms with Crippen molar-refractivity contribution in [3.05, 3.63) is 47.8 Å². The number of benzene rings is 1. The number of carboxylic acids is 1. The topological polar surface area (TPSA) is 55.1 Å². The summed E-state index contributed by atoms with van der Waals surface area (Å²) in [5.74, 6) is -1.62. The average molecular weight is 312 g/mol. The summed E-state index contributed by atoms with van der Waals surface area (Å²) in [5.41, 5.74) is -1.30. The summed E-state index contributed by atoms with van der Waals surface area (Å²) in [4.78, 5) is 11.0. The SMILES string of the molecule is O=C(O)c1cn(-c2snc3ccccc23)cc1C(F)(F)F. The van der Waals surface area contributed by atoms with Gasteiger partial charge < -0.3 is 9.67 Å². The van der Waals surface area contributed by atoms with Crippen molar-refractivity contribution in [1.29, 1.82) is 0 Å². The minimum Gasteiger partial charge on any atom is -0.478 e. The Morgan fingerprint density at radius 2 is 1.95 bits per heavy atom. The normalized spacial score (nSPS) is 12.0. The van der Waals surface area contributed by atoms with Crippen molar-refractivity contribution in [1.82, 2.24) is 8.94 Å². The van der Waals surface area contributed by atoms with Crippen LogP contribution in [0.1, 0.15) is 15.9 Å². The molecule has 8 heteroatoms. The fourth-order valence-corrected chi connectivity index (χ4v) is 2.84. The number of carbonyl (C=O) groups is 1. The Labute approximate surface area is 120 Å². The number of aromatic carboxylic acids is 1. The highest BCUT2D eigenvalue weighted by molar-refractivity contribution is 7.10. The van der Waals surface area contributed by atoms with Gasteiger partial charge in [0, 0.05) is 17.8 Å². The second-order valence-corrected chi connectivity index (χ2v) is 5.05. The van der Waals surface area contributed by atoms with Gasteiger partial charge in [-0.2, -0.15) is 17.5 Å². The lowest BCUT2D eigenvalue weighted by atomic mass is 10.2. The minimum atomic E-state index is -4.72. The van der Waals surface area contributed by atoms with Gasteiger partial charge in [-0.25, -0.2) is 4.79 Å². The van der Waals surface area contributed by atoms with Gasteiger partial charge in [0.15, 0.2) is 0 Å². The molecule has 108 valence electrons. The number of fused-ring (bicyclic) bond motifs is 1. The molecule has 0 unspecified atom stereocenters. The zero-order valence-corrected chi connectivity index (χ0v) is 11.1. The van der Waals surface area contributed by atoms with E-state index in [2.05, 4.69) is 4.37 Å². The third-order valence-electron chi connectivity index (χ3n) is 2.96. The van der Waals surface area contributed by atoms with Crippen LogP contribution in [-0.4, -0.2) is 20.0 Å². The molecule has 21 heavy (non-hydrogen) atoms. The summed E-state index contributed by atoms with van der Waals surface area (Å²) in [6.07, 6.45) is -2.98. The van der Waals surface area contributed by atoms with E-state index in [4.69, 9.17) is 5.11 Å². The molecule has 0 saturated carbocycles. The number of hydrogen-bond acceptors (Lipinski definition) is 3. The number of rotatable bonds is 2. The van der Waals surface area contributed by atoms with Crippen LogP contribution in [0, 0.1) is 0 Å². The van der Waals surface area contributed by atoms with Gasteiger partial charge >= 0.3 is 12.1 Å². The predicted octanol–water partition coefficient (Wildman–Crippen LogP) is 3.80. The lowest BCUT2D eigenvalue weighted by Crippen LogP contribution is -2.09. The molecule has 0 bridgehead atoms. The van der Waals surface area contributed by atoms with E-state index >= 15 is 0 Å². The first-order valence-corrected chi connectivity index (χ1v) is 6.52. The Balaban J connectivity index is 2.22. The maximum absolute atomic E-state index is 12.9. The van der Waals surface area contributed by atoms with Crippen LogP contribution in [0.25, 0.3) is 15.9 Å². The van der Waals surface area contributed by atoms with Crippen molar-refractivity contribution in [2.45, 2.75) is 6.18 Å². The maximum Gasteiger partial charge on any atom is 0.418 e. The summed E-state index contributed by atoms with van der Waals surface area (Å²) < 4.78 is 44.0. The third-order valence-corrected chi connectivity index (χ3v) is 3.85. The van der Waals surface area contributed by atoms with Crippen LogP contribution in [0.5, 0.6) is 0 Å². The van der Waals surface area contributed by atoms with Crippen molar-refractivity contribution < 1.29 is 23.1 Å². The molecule has 0 saturated heterocycles. The summed E-state index contributed by atoms with van der Waals surface area (Å²) in [6.45, 7) is 0. The van der Waals surface area contributed by atoms with Gasteiger partial charge in [0.2, 0.25) is 0 Å². The number of alkyl halides is 3. The summed E-state index contributed by atoms with van der Waals surface area (Å²) >= 11 is 1.01. The molecule has 3 rings (SSSR count). The largest absolute Gasteiger partial charge is 0.478 e. The molecule has 0 aliphatic heterocycles. The van der Waals surface area contributed by atoms with E-state index in [9.17, 15) is 18.0 Å². The molecule has 2 heterocycles. The zero-order chi connectivity index (χ0) is 15.2. The first-order chi connectivity index (χ1) is 9.88. The minimum absolute atomic E-state index is 0.448. The second kappa shape index (κ2) is 4.59. The van der Waals surface area contributed by atoms with Crippen molar-refractivity contribution in [2.24, 2.45) is 0 Å². The van der Waals surface area contributed by atoms with Crippen LogP contribution < -0.4 is 0 Å². The van der Waals surface area contributed by atoms with Crippen LogP contribution in [0.4, 0.5) is 13.2 Å². The Morgan fingerprint density at radius 3 is 2.57 bits per heavy atom. The number of halogens is 3. The van der Waals surface area contributed by atoms with E-state index in [1.165, 1.54) is 0 Å². The van der Waals surface area contributed by atoms with Crippen molar-refractivity contribution in [3.8, 4) is 5.00 Å². The average Bonchev–Trinajstić information content (AvgIpc) is 3.01. The number of nitrogens with zero attached hydrogens (tertiary/aromatic N) is 2. The van der Waals surface area contributed by atoms with Gasteiger partial charge in [0.1, 0.15) is 5.00 Å². The number of hydrogen-bond donors (Lipinski definition) is 1. The Kier molecular flexibility index (Phi) is 2.98. The van der Waals surface area contributed by atoms with Crippen molar-refractivity contribution in [3.63, 3.8) is 0 Å². The van der Waals surface area contributed by atoms with Gasteiger partial charge in [-0.05, 0) is 23.7 Å². The maximum atomic E-state index is 12.9. The van der Waals surface area contributed by atoms with E-state index in [-0.39, 0.29) is 0 Å². The molecule has 3 aromatic rings.